The van der Waals surface area contributed by atoms with E-state index in [1.54, 1.807) is 0 Å². The van der Waals surface area contributed by atoms with Crippen molar-refractivity contribution in [3.05, 3.63) is 11.1 Å². The van der Waals surface area contributed by atoms with Crippen LogP contribution in [0.25, 0.3) is 0 Å². The number of cyclic esters (lactones) is 2. The summed E-state index contributed by atoms with van der Waals surface area (Å²) in [4.78, 5) is 33.4. The van der Waals surface area contributed by atoms with Crippen LogP contribution in [0.5, 0.6) is 0 Å². The molecule has 0 unspecified atom stereocenters. The molecule has 102 valence electrons. The summed E-state index contributed by atoms with van der Waals surface area (Å²) in [6.07, 6.45) is 0.195. The van der Waals surface area contributed by atoms with Gasteiger partial charge in [0.25, 0.3) is 0 Å². The lowest BCUT2D eigenvalue weighted by atomic mass is 10.1. The van der Waals surface area contributed by atoms with Crippen LogP contribution in [0.2, 0.25) is 0 Å². The topological polar surface area (TPSA) is 78.9 Å². The number of carbonyl (C=O) groups excluding carboxylic acids is 3. The summed E-state index contributed by atoms with van der Waals surface area (Å²) in [5.74, 6) is -1.75. The average Bonchev–Trinajstić information content (AvgIpc) is 2.51. The van der Waals surface area contributed by atoms with Gasteiger partial charge in [0.15, 0.2) is 0 Å². The quantitative estimate of drug-likeness (QED) is 0.401. The van der Waals surface area contributed by atoms with Crippen LogP contribution in [0.1, 0.15) is 27.2 Å². The molecule has 6 heteroatoms. The molecule has 0 spiro atoms. The number of hydrogen-bond donors (Lipinski definition) is 0. The van der Waals surface area contributed by atoms with Gasteiger partial charge in [0.2, 0.25) is 0 Å². The number of carbonyl (C=O) groups is 3. The SMILES string of the molecule is C.COCCOC(=O)CCC1=C(C)C(=O)OC1=O. The van der Waals surface area contributed by atoms with Crippen LogP contribution >= 0.6 is 0 Å². The number of methoxy groups -OCH3 is 1. The van der Waals surface area contributed by atoms with Crippen LogP contribution in [0.15, 0.2) is 11.1 Å². The Hall–Kier alpha value is -1.69. The molecular formula is C12H18O6. The standard InChI is InChI=1S/C11H14O6.CH4/c1-7-8(11(14)17-10(7)13)3-4-9(12)16-6-5-15-2;/h3-6H2,1-2H3;1H4. The molecule has 0 aromatic carbocycles. The maximum Gasteiger partial charge on any atom is 0.342 e. The first-order valence-corrected chi connectivity index (χ1v) is 5.17. The highest BCUT2D eigenvalue weighted by Gasteiger charge is 2.29. The molecule has 0 radical (unpaired) electrons. The van der Waals surface area contributed by atoms with Crippen molar-refractivity contribution in [2.45, 2.75) is 27.2 Å². The summed E-state index contributed by atoms with van der Waals surface area (Å²) in [5, 5.41) is 0. The third-order valence-corrected chi connectivity index (χ3v) is 2.32. The zero-order valence-corrected chi connectivity index (χ0v) is 9.78. The van der Waals surface area contributed by atoms with Crippen molar-refractivity contribution in [2.24, 2.45) is 0 Å². The summed E-state index contributed by atoms with van der Waals surface area (Å²) in [5.41, 5.74) is 0.512. The highest BCUT2D eigenvalue weighted by molar-refractivity contribution is 6.12. The van der Waals surface area contributed by atoms with Crippen molar-refractivity contribution in [3.63, 3.8) is 0 Å². The molecule has 1 rings (SSSR count). The number of hydrogen-bond acceptors (Lipinski definition) is 6. The molecule has 0 atom stereocenters. The fourth-order valence-electron chi connectivity index (χ4n) is 1.33. The van der Waals surface area contributed by atoms with Crippen LogP contribution in [-0.2, 0) is 28.6 Å². The van der Waals surface area contributed by atoms with Gasteiger partial charge in [-0.05, 0) is 13.3 Å². The molecule has 0 fully saturated rings. The lowest BCUT2D eigenvalue weighted by Gasteiger charge is -2.03. The maximum absolute atomic E-state index is 11.2. The van der Waals surface area contributed by atoms with Crippen molar-refractivity contribution >= 4 is 17.9 Å². The van der Waals surface area contributed by atoms with E-state index in [1.807, 2.05) is 0 Å². The highest BCUT2D eigenvalue weighted by Crippen LogP contribution is 2.21. The molecule has 0 aliphatic carbocycles. The number of rotatable bonds is 6. The van der Waals surface area contributed by atoms with Crippen molar-refractivity contribution in [3.8, 4) is 0 Å². The van der Waals surface area contributed by atoms with Gasteiger partial charge in [-0.25, -0.2) is 9.59 Å². The molecule has 0 N–H and O–H groups in total. The molecule has 18 heavy (non-hydrogen) atoms. The fraction of sp³-hybridized carbons (Fsp3) is 0.583. The summed E-state index contributed by atoms with van der Waals surface area (Å²) in [7, 11) is 1.50. The van der Waals surface area contributed by atoms with E-state index in [1.165, 1.54) is 14.0 Å². The second-order valence-corrected chi connectivity index (χ2v) is 3.49. The van der Waals surface area contributed by atoms with Gasteiger partial charge in [0, 0.05) is 24.7 Å². The Morgan fingerprint density at radius 3 is 2.39 bits per heavy atom. The van der Waals surface area contributed by atoms with Crippen LogP contribution in [-0.4, -0.2) is 38.2 Å². The van der Waals surface area contributed by atoms with Crippen LogP contribution < -0.4 is 0 Å². The monoisotopic (exact) mass is 258 g/mol. The molecule has 1 aliphatic rings. The summed E-state index contributed by atoms with van der Waals surface area (Å²) < 4.78 is 13.9. The zero-order valence-electron chi connectivity index (χ0n) is 9.78. The number of ether oxygens (including phenoxy) is 3. The Morgan fingerprint density at radius 2 is 1.89 bits per heavy atom. The van der Waals surface area contributed by atoms with E-state index in [4.69, 9.17) is 9.47 Å². The lowest BCUT2D eigenvalue weighted by molar-refractivity contribution is -0.151. The van der Waals surface area contributed by atoms with Gasteiger partial charge in [-0.3, -0.25) is 4.79 Å². The van der Waals surface area contributed by atoms with E-state index in [2.05, 4.69) is 4.74 Å². The summed E-state index contributed by atoms with van der Waals surface area (Å²) in [6, 6.07) is 0. The molecule has 0 amide bonds. The first-order chi connectivity index (χ1) is 8.06. The minimum Gasteiger partial charge on any atom is -0.463 e. The van der Waals surface area contributed by atoms with E-state index >= 15 is 0 Å². The Kier molecular flexibility index (Phi) is 6.89. The van der Waals surface area contributed by atoms with E-state index in [9.17, 15) is 14.4 Å². The minimum absolute atomic E-state index is 0. The molecular weight excluding hydrogens is 240 g/mol. The summed E-state index contributed by atoms with van der Waals surface area (Å²) in [6.45, 7) is 2.00. The predicted molar refractivity (Wildman–Crippen MR) is 62.6 cm³/mol. The van der Waals surface area contributed by atoms with Gasteiger partial charge in [-0.1, -0.05) is 7.43 Å². The van der Waals surface area contributed by atoms with E-state index in [0.717, 1.165) is 0 Å². The molecule has 0 bridgehead atoms. The Labute approximate surface area is 106 Å². The minimum atomic E-state index is -0.669. The molecule has 0 aromatic rings. The van der Waals surface area contributed by atoms with Gasteiger partial charge in [-0.2, -0.15) is 0 Å². The molecule has 6 nitrogen and oxygen atoms in total. The first-order valence-electron chi connectivity index (χ1n) is 5.17. The second-order valence-electron chi connectivity index (χ2n) is 3.49. The largest absolute Gasteiger partial charge is 0.463 e. The second kappa shape index (κ2) is 7.60. The fourth-order valence-corrected chi connectivity index (χ4v) is 1.33. The highest BCUT2D eigenvalue weighted by atomic mass is 16.6. The normalized spacial score (nSPS) is 14.3. The molecule has 1 heterocycles. The van der Waals surface area contributed by atoms with E-state index in [0.29, 0.717) is 6.61 Å². The Balaban J connectivity index is 0.00000289. The predicted octanol–water partition coefficient (Wildman–Crippen LogP) is 0.992. The Bertz CT molecular complexity index is 369. The van der Waals surface area contributed by atoms with Gasteiger partial charge in [0.05, 0.1) is 6.61 Å². The van der Waals surface area contributed by atoms with E-state index in [-0.39, 0.29) is 38.0 Å². The lowest BCUT2D eigenvalue weighted by Crippen LogP contribution is -2.10. The van der Waals surface area contributed by atoms with Crippen molar-refractivity contribution in [2.75, 3.05) is 20.3 Å². The number of esters is 3. The molecule has 0 saturated heterocycles. The van der Waals surface area contributed by atoms with Crippen LogP contribution in [0, 0.1) is 0 Å². The molecule has 0 saturated carbocycles. The van der Waals surface area contributed by atoms with Gasteiger partial charge >= 0.3 is 17.9 Å². The van der Waals surface area contributed by atoms with Crippen LogP contribution in [0.4, 0.5) is 0 Å². The van der Waals surface area contributed by atoms with Crippen molar-refractivity contribution in [1.82, 2.24) is 0 Å². The van der Waals surface area contributed by atoms with Gasteiger partial charge in [0.1, 0.15) is 6.61 Å². The van der Waals surface area contributed by atoms with Crippen molar-refractivity contribution < 1.29 is 28.6 Å². The third kappa shape index (κ3) is 4.29. The van der Waals surface area contributed by atoms with Gasteiger partial charge < -0.3 is 14.2 Å². The first kappa shape index (κ1) is 16.3. The summed E-state index contributed by atoms with van der Waals surface area (Å²) >= 11 is 0. The van der Waals surface area contributed by atoms with Gasteiger partial charge in [-0.15, -0.1) is 0 Å². The average molecular weight is 258 g/mol. The van der Waals surface area contributed by atoms with E-state index < -0.39 is 17.9 Å². The van der Waals surface area contributed by atoms with Crippen molar-refractivity contribution in [1.29, 1.82) is 0 Å². The third-order valence-electron chi connectivity index (χ3n) is 2.32. The molecule has 1 aliphatic heterocycles. The smallest absolute Gasteiger partial charge is 0.342 e. The Morgan fingerprint density at radius 1 is 1.22 bits per heavy atom. The molecule has 0 aromatic heterocycles. The van der Waals surface area contributed by atoms with Crippen LogP contribution in [0.3, 0.4) is 0 Å². The zero-order chi connectivity index (χ0) is 12.8. The maximum atomic E-state index is 11.2.